The number of hydrogen-bond donors (Lipinski definition) is 3. The Balaban J connectivity index is -0.00000169. The van der Waals surface area contributed by atoms with Crippen molar-refractivity contribution in [1.29, 1.82) is 0 Å². The number of nitrogens with zero attached hydrogens (tertiary/aromatic N) is 2. The fraction of sp³-hybridized carbons (Fsp3) is 0.556. The molecule has 0 spiro atoms. The number of aliphatic hydroxyl groups is 2. The molecule has 1 unspecified atom stereocenters. The first kappa shape index (κ1) is 35.4. The molecule has 1 aliphatic heterocycles. The van der Waals surface area contributed by atoms with Crippen molar-refractivity contribution >= 4 is 21.5 Å². The molecule has 6 N–H and O–H groups in total. The summed E-state index contributed by atoms with van der Waals surface area (Å²) < 4.78 is 34.7. The van der Waals surface area contributed by atoms with E-state index < -0.39 is 52.5 Å². The number of phosphoric acid groups is 2. The molecule has 0 amide bonds. The molecule has 1 aromatic rings. The Kier molecular flexibility index (Phi) is 17.2. The van der Waals surface area contributed by atoms with Gasteiger partial charge in [0.15, 0.2) is 6.23 Å². The van der Waals surface area contributed by atoms with Gasteiger partial charge in [0.1, 0.15) is 24.1 Å². The molecule has 20 heteroatoms. The summed E-state index contributed by atoms with van der Waals surface area (Å²) in [4.78, 5) is 46.8. The van der Waals surface area contributed by atoms with Crippen LogP contribution < -0.4 is 115 Å². The van der Waals surface area contributed by atoms with Crippen LogP contribution in [0.4, 0.5) is 5.82 Å². The van der Waals surface area contributed by atoms with E-state index in [1.807, 2.05) is 0 Å². The average molecular weight is 487 g/mol. The average Bonchev–Trinajstić information content (AvgIpc) is 2.71. The summed E-state index contributed by atoms with van der Waals surface area (Å²) in [5, 5.41) is 19.8. The number of nitrogen functional groups attached to an aromatic ring is 1. The van der Waals surface area contributed by atoms with Crippen LogP contribution in [0, 0.1) is 0 Å². The fourth-order valence-corrected chi connectivity index (χ4v) is 3.52. The van der Waals surface area contributed by atoms with Crippen LogP contribution in [-0.2, 0) is 22.7 Å². The van der Waals surface area contributed by atoms with E-state index in [1.54, 1.807) is 0 Å². The molecule has 0 aliphatic carbocycles. The van der Waals surface area contributed by atoms with Crippen LogP contribution >= 0.6 is 15.6 Å². The number of phosphoric ester groups is 1. The van der Waals surface area contributed by atoms with E-state index >= 15 is 0 Å². The van der Waals surface area contributed by atoms with Gasteiger partial charge in [-0.15, -0.1) is 0 Å². The second kappa shape index (κ2) is 14.1. The number of rotatable bonds is 6. The van der Waals surface area contributed by atoms with Crippen LogP contribution in [0.1, 0.15) is 6.23 Å². The molecule has 0 bridgehead atoms. The van der Waals surface area contributed by atoms with Crippen molar-refractivity contribution in [1.82, 2.24) is 9.55 Å². The minimum Gasteiger partial charge on any atom is -0.790 e. The van der Waals surface area contributed by atoms with E-state index in [4.69, 9.17) is 10.5 Å². The second-order valence-corrected chi connectivity index (χ2v) is 7.56. The van der Waals surface area contributed by atoms with Gasteiger partial charge in [0.2, 0.25) is 0 Å². The van der Waals surface area contributed by atoms with Gasteiger partial charge < -0.3 is 49.9 Å². The van der Waals surface area contributed by atoms with Gasteiger partial charge in [-0.2, -0.15) is 4.98 Å². The standard InChI is InChI=1S/C9H15N3O11P2.3Na.H2O/c10-5-1-2-12(9(15)11-5)8-7(14)6(13)4(22-8)3-21-25(19,20)23-24(16,17)18;;;;/h1-2,4,6-8,13-14H,3H2,(H,19,20)(H2,10,11,15)(H2,16,17,18);;;;1H2/q;3*+1;/p-3/t4-,6-,7-,8-;;;;/m1..../s1. The van der Waals surface area contributed by atoms with Crippen LogP contribution in [0.25, 0.3) is 0 Å². The number of nitrogens with two attached hydrogens (primary N) is 1. The van der Waals surface area contributed by atoms with Crippen molar-refractivity contribution in [3.63, 3.8) is 0 Å². The SMILES string of the molecule is Nc1ccn([C@@H]2O[C@H](COP(=O)([O-])OP(=O)([O-])[O-])[C@@H](O)[C@H]2O)c(=O)n1.O.[Na+].[Na+].[Na+]. The van der Waals surface area contributed by atoms with Gasteiger partial charge in [0.25, 0.3) is 7.82 Å². The summed E-state index contributed by atoms with van der Waals surface area (Å²) in [6.07, 6.45) is -5.19. The third kappa shape index (κ3) is 10.5. The van der Waals surface area contributed by atoms with Gasteiger partial charge in [-0.1, -0.05) is 0 Å². The fourth-order valence-electron chi connectivity index (χ4n) is 2.03. The number of aliphatic hydroxyl groups excluding tert-OH is 2. The Bertz CT molecular complexity index is 793. The molecule has 5 atom stereocenters. The van der Waals surface area contributed by atoms with Crippen LogP contribution in [-0.4, -0.2) is 50.2 Å². The molecule has 2 heterocycles. The molecule has 1 fully saturated rings. The third-order valence-corrected chi connectivity index (χ3v) is 5.13. The maximum atomic E-state index is 11.7. The quantitative estimate of drug-likeness (QED) is 0.249. The molecule has 150 valence electrons. The molecule has 1 aliphatic rings. The van der Waals surface area contributed by atoms with Crippen LogP contribution in [0.3, 0.4) is 0 Å². The predicted molar refractivity (Wildman–Crippen MR) is 74.7 cm³/mol. The molecule has 0 radical (unpaired) electrons. The Labute approximate surface area is 230 Å². The molecule has 1 saturated heterocycles. The maximum absolute atomic E-state index is 11.7. The maximum Gasteiger partial charge on any atom is 1.00 e. The smallest absolute Gasteiger partial charge is 0.790 e. The first-order valence-electron chi connectivity index (χ1n) is 6.45. The summed E-state index contributed by atoms with van der Waals surface area (Å²) >= 11 is 0. The van der Waals surface area contributed by atoms with E-state index in [0.717, 1.165) is 10.8 Å². The first-order chi connectivity index (χ1) is 11.4. The predicted octanol–water partition coefficient (Wildman–Crippen LogP) is -14.0. The van der Waals surface area contributed by atoms with Crippen molar-refractivity contribution in [2.75, 3.05) is 12.3 Å². The van der Waals surface area contributed by atoms with Crippen LogP contribution in [0.15, 0.2) is 17.1 Å². The van der Waals surface area contributed by atoms with Gasteiger partial charge >= 0.3 is 94.4 Å². The summed E-state index contributed by atoms with van der Waals surface area (Å²) in [7, 11) is -11.4. The Hall–Kier alpha value is 1.78. The van der Waals surface area contributed by atoms with Crippen molar-refractivity contribution in [2.24, 2.45) is 0 Å². The number of aromatic nitrogens is 2. The number of anilines is 1. The van der Waals surface area contributed by atoms with Crippen molar-refractivity contribution in [2.45, 2.75) is 24.5 Å². The van der Waals surface area contributed by atoms with Gasteiger partial charge in [0, 0.05) is 6.20 Å². The van der Waals surface area contributed by atoms with Crippen LogP contribution in [0.2, 0.25) is 0 Å². The van der Waals surface area contributed by atoms with Crippen molar-refractivity contribution in [3.05, 3.63) is 22.7 Å². The molecule has 15 nitrogen and oxygen atoms in total. The monoisotopic (exact) mass is 487 g/mol. The second-order valence-electron chi connectivity index (χ2n) is 4.86. The Morgan fingerprint density at radius 3 is 2.24 bits per heavy atom. The molecular formula is C9H14N3Na3O12P2. The molecule has 0 aromatic carbocycles. The summed E-state index contributed by atoms with van der Waals surface area (Å²) in [6, 6.07) is 1.22. The number of ether oxygens (including phenoxy) is 1. The van der Waals surface area contributed by atoms with E-state index in [2.05, 4.69) is 13.8 Å². The zero-order valence-electron chi connectivity index (χ0n) is 15.6. The Morgan fingerprint density at radius 1 is 1.21 bits per heavy atom. The number of hydrogen-bond acceptors (Lipinski definition) is 13. The van der Waals surface area contributed by atoms with E-state index in [-0.39, 0.29) is 100.0 Å². The van der Waals surface area contributed by atoms with E-state index in [0.29, 0.717) is 0 Å². The molecular weight excluding hydrogens is 473 g/mol. The summed E-state index contributed by atoms with van der Waals surface area (Å²) in [6.45, 7) is -0.993. The van der Waals surface area contributed by atoms with Crippen molar-refractivity contribution < 1.29 is 142 Å². The summed E-state index contributed by atoms with van der Waals surface area (Å²) in [5.41, 5.74) is 4.40. The zero-order valence-corrected chi connectivity index (χ0v) is 23.4. The van der Waals surface area contributed by atoms with E-state index in [1.165, 1.54) is 6.07 Å². The first-order valence-corrected chi connectivity index (χ1v) is 9.37. The van der Waals surface area contributed by atoms with Gasteiger partial charge in [0.05, 0.1) is 14.4 Å². The molecule has 29 heavy (non-hydrogen) atoms. The van der Waals surface area contributed by atoms with Crippen molar-refractivity contribution in [3.8, 4) is 0 Å². The largest absolute Gasteiger partial charge is 1.00 e. The van der Waals surface area contributed by atoms with Gasteiger partial charge in [-0.05, 0) is 6.07 Å². The minimum atomic E-state index is -5.87. The normalized spacial score (nSPS) is 25.4. The van der Waals surface area contributed by atoms with Gasteiger partial charge in [-0.3, -0.25) is 13.4 Å². The molecule has 0 saturated carbocycles. The van der Waals surface area contributed by atoms with E-state index in [9.17, 15) is 38.8 Å². The minimum absolute atomic E-state index is 0. The van der Waals surface area contributed by atoms with Gasteiger partial charge in [-0.25, -0.2) is 4.79 Å². The molecule has 2 rings (SSSR count). The molecule has 1 aromatic heterocycles. The zero-order chi connectivity index (χ0) is 19.0. The van der Waals surface area contributed by atoms with Crippen LogP contribution in [0.5, 0.6) is 0 Å². The summed E-state index contributed by atoms with van der Waals surface area (Å²) in [5.74, 6) is -0.0988. The third-order valence-electron chi connectivity index (χ3n) is 3.06. The Morgan fingerprint density at radius 2 is 1.76 bits per heavy atom. The topological polar surface area (TPSA) is 264 Å².